The van der Waals surface area contributed by atoms with E-state index in [4.69, 9.17) is 42.1 Å². The third-order valence-corrected chi connectivity index (χ3v) is 18.4. The standard InChI is InChI=1S/C64H74Cl2N10O7S/c1-34(2)67-33-48-45-15-14-43(29-51(45)71-60(48)53-31-55(81-11)52(70-53)30-50-35(3)25-38(6)69-50)28-39(7)76-22-20-42(21-23-76)32-68-63(77)54-18-19-56(83-54)84(79,80)74-64(78)62-46(13-12-24-82-44-26-36(4)59(66)37(5)27-44)47-16-17-49(65)58(61(47)72-62)57-40(8)73-75(10)41(57)9/h14-19,25-27,29-31,34,39,42,67,69,71-72H,12-13,20-24,28,32-33H2,1-11H3,(H,68,77)(H,74,78)/b52-30-. The van der Waals surface area contributed by atoms with Gasteiger partial charge in [0.2, 0.25) is 5.09 Å². The van der Waals surface area contributed by atoms with Crippen LogP contribution in [-0.4, -0.2) is 101 Å². The molecule has 0 spiro atoms. The minimum Gasteiger partial charge on any atom is -0.494 e. The van der Waals surface area contributed by atoms with Gasteiger partial charge in [-0.2, -0.15) is 13.5 Å². The molecule has 442 valence electrons. The van der Waals surface area contributed by atoms with Crippen LogP contribution >= 0.6 is 23.2 Å². The fourth-order valence-electron chi connectivity index (χ4n) is 11.7. The molecule has 1 saturated heterocycles. The van der Waals surface area contributed by atoms with Crippen molar-refractivity contribution in [2.45, 2.75) is 118 Å². The van der Waals surface area contributed by atoms with Crippen LogP contribution in [0.3, 0.4) is 0 Å². The van der Waals surface area contributed by atoms with Crippen LogP contribution in [-0.2, 0) is 41.2 Å². The first kappa shape index (κ1) is 59.8. The van der Waals surface area contributed by atoms with E-state index in [2.05, 4.69) is 92.3 Å². The third-order valence-electron chi connectivity index (χ3n) is 16.3. The molecule has 6 N–H and O–H groups in total. The number of hydrogen-bond acceptors (Lipinski definition) is 11. The molecule has 2 aliphatic heterocycles. The number of aryl methyl sites for hydroxylation is 7. The van der Waals surface area contributed by atoms with Gasteiger partial charge < -0.3 is 44.4 Å². The lowest BCUT2D eigenvalue weighted by Crippen LogP contribution is -2.43. The quantitative estimate of drug-likeness (QED) is 0.0374. The number of aromatic amines is 3. The fourth-order valence-corrected chi connectivity index (χ4v) is 13.0. The van der Waals surface area contributed by atoms with E-state index in [0.29, 0.717) is 82.2 Å². The lowest BCUT2D eigenvalue weighted by atomic mass is 9.94. The number of furan rings is 1. The Hall–Kier alpha value is -7.35. The zero-order chi connectivity index (χ0) is 59.9. The number of rotatable bonds is 21. The van der Waals surface area contributed by atoms with Gasteiger partial charge in [0, 0.05) is 93.4 Å². The fraction of sp³-hybridized carbons (Fsp3) is 0.375. The van der Waals surface area contributed by atoms with Gasteiger partial charge in [0.05, 0.1) is 41.4 Å². The van der Waals surface area contributed by atoms with Crippen LogP contribution in [0.1, 0.15) is 123 Å². The molecule has 7 heterocycles. The van der Waals surface area contributed by atoms with E-state index >= 15 is 0 Å². The second kappa shape index (κ2) is 24.7. The molecule has 3 aromatic carbocycles. The Bertz CT molecular complexity index is 4030. The number of amides is 2. The Morgan fingerprint density at radius 2 is 1.62 bits per heavy atom. The molecule has 2 amide bonds. The van der Waals surface area contributed by atoms with Crippen molar-refractivity contribution in [1.29, 1.82) is 0 Å². The van der Waals surface area contributed by atoms with Gasteiger partial charge in [0.25, 0.3) is 21.8 Å². The summed E-state index contributed by atoms with van der Waals surface area (Å²) in [4.78, 5) is 45.8. The highest BCUT2D eigenvalue weighted by atomic mass is 35.5. The van der Waals surface area contributed by atoms with Gasteiger partial charge in [-0.25, -0.2) is 9.71 Å². The number of aromatic nitrogens is 5. The number of H-pyrrole nitrogens is 3. The van der Waals surface area contributed by atoms with Crippen LogP contribution < -0.4 is 20.1 Å². The van der Waals surface area contributed by atoms with Crippen molar-refractivity contribution in [3.63, 3.8) is 0 Å². The first-order valence-corrected chi connectivity index (χ1v) is 30.8. The number of aliphatic imine (C=N–C) groups is 1. The molecule has 8 aromatic rings. The van der Waals surface area contributed by atoms with E-state index < -0.39 is 26.9 Å². The van der Waals surface area contributed by atoms with E-state index in [1.165, 1.54) is 17.7 Å². The molecule has 0 radical (unpaired) electrons. The third kappa shape index (κ3) is 12.5. The van der Waals surface area contributed by atoms with E-state index in [-0.39, 0.29) is 23.4 Å². The molecule has 5 aromatic heterocycles. The van der Waals surface area contributed by atoms with E-state index in [1.54, 1.807) is 17.9 Å². The first-order chi connectivity index (χ1) is 40.1. The highest BCUT2D eigenvalue weighted by Crippen LogP contribution is 2.41. The van der Waals surface area contributed by atoms with E-state index in [1.807, 2.05) is 72.0 Å². The SMILES string of the molecule is COC1=CC(c2[nH]c3cc(CC(C)N4CCC(CNC(=O)c5ccc(S(=O)(=O)NC(=O)c6[nH]c7c(-c8c(C)nn(C)c8C)c(Cl)ccc7c6CCCOc6cc(C)c(Cl)c(C)c6)o5)CC4)ccc3c2CNC(C)C)=N/C1=C\c1[nH]c(C)cc1C. The molecular weight excluding hydrogens is 1120 g/mol. The molecule has 0 aliphatic carbocycles. The number of carbonyl (C=O) groups is 2. The summed E-state index contributed by atoms with van der Waals surface area (Å²) in [6.45, 7) is 21.4. The number of hydrogen-bond donors (Lipinski definition) is 6. The van der Waals surface area contributed by atoms with Crippen LogP contribution in [0, 0.1) is 47.5 Å². The zero-order valence-corrected chi connectivity index (χ0v) is 51.9. The zero-order valence-electron chi connectivity index (χ0n) is 49.5. The number of piperidine rings is 1. The molecular formula is C64H74Cl2N10O7S. The smallest absolute Gasteiger partial charge is 0.297 e. The molecule has 20 heteroatoms. The van der Waals surface area contributed by atoms with Gasteiger partial charge in [-0.3, -0.25) is 14.3 Å². The molecule has 10 rings (SSSR count). The lowest BCUT2D eigenvalue weighted by molar-refractivity contribution is 0.0894. The summed E-state index contributed by atoms with van der Waals surface area (Å²) in [6, 6.07) is 19.2. The highest BCUT2D eigenvalue weighted by Gasteiger charge is 2.31. The molecule has 1 unspecified atom stereocenters. The van der Waals surface area contributed by atoms with Crippen molar-refractivity contribution in [1.82, 2.24) is 45.0 Å². The minimum atomic E-state index is -4.60. The molecule has 0 bridgehead atoms. The molecule has 2 aliphatic rings. The number of nitrogens with zero attached hydrogens (tertiary/aromatic N) is 4. The Kier molecular flexibility index (Phi) is 17.6. The maximum Gasteiger partial charge on any atom is 0.297 e. The Labute approximate surface area is 500 Å². The van der Waals surface area contributed by atoms with Crippen LogP contribution in [0.5, 0.6) is 5.75 Å². The van der Waals surface area contributed by atoms with Crippen molar-refractivity contribution in [2.24, 2.45) is 18.0 Å². The predicted octanol–water partition coefficient (Wildman–Crippen LogP) is 12.2. The summed E-state index contributed by atoms with van der Waals surface area (Å²) < 4.78 is 49.4. The van der Waals surface area contributed by atoms with Crippen molar-refractivity contribution in [2.75, 3.05) is 33.4 Å². The normalized spacial score (nSPS) is 15.2. The average molecular weight is 1200 g/mol. The number of likely N-dealkylation sites (tertiary alicyclic amines) is 1. The Morgan fingerprint density at radius 1 is 0.881 bits per heavy atom. The number of carbonyl (C=O) groups excluding carboxylic acids is 2. The molecule has 0 saturated carbocycles. The second-order valence-electron chi connectivity index (χ2n) is 22.8. The summed E-state index contributed by atoms with van der Waals surface area (Å²) in [5.74, 6) is -0.0529. The highest BCUT2D eigenvalue weighted by molar-refractivity contribution is 7.90. The molecule has 84 heavy (non-hydrogen) atoms. The number of ether oxygens (including phenoxy) is 2. The largest absolute Gasteiger partial charge is 0.494 e. The molecule has 1 fully saturated rings. The van der Waals surface area contributed by atoms with E-state index in [0.717, 1.165) is 111 Å². The minimum absolute atomic E-state index is 0.0343. The Morgan fingerprint density at radius 3 is 2.30 bits per heavy atom. The summed E-state index contributed by atoms with van der Waals surface area (Å²) in [5.41, 5.74) is 15.2. The monoisotopic (exact) mass is 1200 g/mol. The van der Waals surface area contributed by atoms with Gasteiger partial charge in [0.1, 0.15) is 22.9 Å². The van der Waals surface area contributed by atoms with Crippen LogP contribution in [0.2, 0.25) is 10.0 Å². The average Bonchev–Trinajstić information content (AvgIpc) is 4.52. The second-order valence-corrected chi connectivity index (χ2v) is 25.2. The van der Waals surface area contributed by atoms with Crippen molar-refractivity contribution < 1.29 is 31.9 Å². The summed E-state index contributed by atoms with van der Waals surface area (Å²) in [7, 11) is -1.08. The maximum atomic E-state index is 14.3. The molecule has 17 nitrogen and oxygen atoms in total. The van der Waals surface area contributed by atoms with Crippen molar-refractivity contribution in [3.05, 3.63) is 162 Å². The van der Waals surface area contributed by atoms with Crippen LogP contribution in [0.15, 0.2) is 92.7 Å². The van der Waals surface area contributed by atoms with Gasteiger partial charge in [0.15, 0.2) is 5.76 Å². The van der Waals surface area contributed by atoms with Crippen molar-refractivity contribution >= 4 is 78.6 Å². The topological polar surface area (TPSA) is 217 Å². The maximum absolute atomic E-state index is 14.3. The number of methoxy groups -OCH3 is 1. The number of nitrogens with one attached hydrogen (secondary N) is 6. The van der Waals surface area contributed by atoms with Crippen LogP contribution in [0.25, 0.3) is 39.0 Å². The predicted molar refractivity (Wildman–Crippen MR) is 333 cm³/mol. The summed E-state index contributed by atoms with van der Waals surface area (Å²) >= 11 is 13.3. The van der Waals surface area contributed by atoms with Gasteiger partial charge in [-0.1, -0.05) is 55.2 Å². The Balaban J connectivity index is 0.766. The number of halogens is 2. The van der Waals surface area contributed by atoms with E-state index in [9.17, 15) is 18.0 Å². The lowest BCUT2D eigenvalue weighted by Gasteiger charge is -2.36. The number of benzene rings is 3. The number of fused-ring (bicyclic) bond motifs is 2. The van der Waals surface area contributed by atoms with Gasteiger partial charge >= 0.3 is 0 Å². The molecule has 1 atom stereocenters. The van der Waals surface area contributed by atoms with Gasteiger partial charge in [-0.05, 0) is 176 Å². The summed E-state index contributed by atoms with van der Waals surface area (Å²) in [5, 5.41) is 13.6. The summed E-state index contributed by atoms with van der Waals surface area (Å²) in [6.07, 6.45) is 7.48. The van der Waals surface area contributed by atoms with Crippen molar-refractivity contribution in [3.8, 4) is 16.9 Å². The van der Waals surface area contributed by atoms with Crippen LogP contribution in [0.4, 0.5) is 0 Å². The van der Waals surface area contributed by atoms with Gasteiger partial charge in [-0.15, -0.1) is 0 Å². The first-order valence-electron chi connectivity index (χ1n) is 28.6. The number of allylic oxidation sites excluding steroid dienone is 1. The number of sulfonamides is 1.